The van der Waals surface area contributed by atoms with Crippen LogP contribution in [-0.2, 0) is 6.54 Å². The van der Waals surface area contributed by atoms with Crippen molar-refractivity contribution >= 4 is 11.6 Å². The van der Waals surface area contributed by atoms with Gasteiger partial charge in [0, 0.05) is 17.5 Å². The summed E-state index contributed by atoms with van der Waals surface area (Å²) in [5, 5.41) is 22.8. The Morgan fingerprint density at radius 1 is 1.18 bits per heavy atom. The van der Waals surface area contributed by atoms with Gasteiger partial charge in [0.15, 0.2) is 0 Å². The van der Waals surface area contributed by atoms with Gasteiger partial charge in [0.25, 0.3) is 5.91 Å². The Bertz CT molecular complexity index is 731. The van der Waals surface area contributed by atoms with Crippen LogP contribution in [0.4, 0.5) is 5.69 Å². The molecule has 1 heterocycles. The molecule has 0 saturated heterocycles. The van der Waals surface area contributed by atoms with Gasteiger partial charge >= 0.3 is 0 Å². The highest BCUT2D eigenvalue weighted by Crippen LogP contribution is 2.10. The molecule has 2 N–H and O–H groups in total. The van der Waals surface area contributed by atoms with E-state index in [-0.39, 0.29) is 11.5 Å². The Labute approximate surface area is 127 Å². The summed E-state index contributed by atoms with van der Waals surface area (Å²) in [6, 6.07) is 13.7. The van der Waals surface area contributed by atoms with E-state index in [0.717, 1.165) is 0 Å². The standard InChI is InChI=1S/C16H12N4O2/c17-8-12(9-18)10-19-14-5-3-13(4-6-14)16(21)20-11-15-2-1-7-22-15/h1-7,10,19H,11H2,(H,20,21). The van der Waals surface area contributed by atoms with Crippen LogP contribution in [0.3, 0.4) is 0 Å². The lowest BCUT2D eigenvalue weighted by atomic mass is 10.2. The van der Waals surface area contributed by atoms with Crippen molar-refractivity contribution in [3.05, 3.63) is 65.8 Å². The van der Waals surface area contributed by atoms with Crippen molar-refractivity contribution in [1.29, 1.82) is 10.5 Å². The largest absolute Gasteiger partial charge is 0.467 e. The zero-order valence-electron chi connectivity index (χ0n) is 11.5. The predicted molar refractivity (Wildman–Crippen MR) is 79.3 cm³/mol. The minimum atomic E-state index is -0.215. The summed E-state index contributed by atoms with van der Waals surface area (Å²) >= 11 is 0. The molecule has 6 nitrogen and oxygen atoms in total. The number of amides is 1. The van der Waals surface area contributed by atoms with Gasteiger partial charge in [-0.1, -0.05) is 0 Å². The van der Waals surface area contributed by atoms with E-state index < -0.39 is 0 Å². The van der Waals surface area contributed by atoms with Gasteiger partial charge in [-0.3, -0.25) is 4.79 Å². The van der Waals surface area contributed by atoms with E-state index in [1.54, 1.807) is 54.8 Å². The fraction of sp³-hybridized carbons (Fsp3) is 0.0625. The average Bonchev–Trinajstić information content (AvgIpc) is 3.07. The summed E-state index contributed by atoms with van der Waals surface area (Å²) in [6.45, 7) is 0.322. The van der Waals surface area contributed by atoms with E-state index in [2.05, 4.69) is 10.6 Å². The van der Waals surface area contributed by atoms with Gasteiger partial charge in [0.05, 0.1) is 12.8 Å². The maximum Gasteiger partial charge on any atom is 0.251 e. The predicted octanol–water partition coefficient (Wildman–Crippen LogP) is 2.55. The summed E-state index contributed by atoms with van der Waals surface area (Å²) in [5.74, 6) is 0.463. The lowest BCUT2D eigenvalue weighted by Gasteiger charge is -2.05. The highest BCUT2D eigenvalue weighted by Gasteiger charge is 2.05. The molecule has 1 aromatic heterocycles. The van der Waals surface area contributed by atoms with Crippen molar-refractivity contribution in [3.63, 3.8) is 0 Å². The molecule has 2 aromatic rings. The quantitative estimate of drug-likeness (QED) is 0.824. The Balaban J connectivity index is 1.94. The molecule has 0 bridgehead atoms. The summed E-state index contributed by atoms with van der Waals surface area (Å²) in [5.41, 5.74) is 1.15. The topological polar surface area (TPSA) is 102 Å². The summed E-state index contributed by atoms with van der Waals surface area (Å²) in [7, 11) is 0. The number of hydrogen-bond donors (Lipinski definition) is 2. The van der Waals surface area contributed by atoms with E-state index in [9.17, 15) is 4.79 Å². The molecule has 2 rings (SSSR count). The molecule has 0 spiro atoms. The number of nitrogens with one attached hydrogen (secondary N) is 2. The molecule has 0 fully saturated rings. The second kappa shape index (κ2) is 7.32. The molecular weight excluding hydrogens is 280 g/mol. The van der Waals surface area contributed by atoms with Crippen molar-refractivity contribution in [2.24, 2.45) is 0 Å². The normalized spacial score (nSPS) is 9.18. The second-order valence-corrected chi connectivity index (χ2v) is 4.27. The number of carbonyl (C=O) groups excluding carboxylic acids is 1. The molecule has 0 aliphatic rings. The van der Waals surface area contributed by atoms with Gasteiger partial charge < -0.3 is 15.1 Å². The smallest absolute Gasteiger partial charge is 0.251 e. The van der Waals surface area contributed by atoms with Gasteiger partial charge in [-0.25, -0.2) is 0 Å². The average molecular weight is 292 g/mol. The number of benzene rings is 1. The molecule has 6 heteroatoms. The van der Waals surface area contributed by atoms with Gasteiger partial charge in [-0.15, -0.1) is 0 Å². The lowest BCUT2D eigenvalue weighted by Crippen LogP contribution is -2.22. The third kappa shape index (κ3) is 3.99. The van der Waals surface area contributed by atoms with Gasteiger partial charge in [-0.05, 0) is 36.4 Å². The maximum atomic E-state index is 11.9. The Morgan fingerprint density at radius 2 is 1.91 bits per heavy atom. The van der Waals surface area contributed by atoms with E-state index in [4.69, 9.17) is 14.9 Å². The van der Waals surface area contributed by atoms with E-state index >= 15 is 0 Å². The minimum Gasteiger partial charge on any atom is -0.467 e. The molecule has 22 heavy (non-hydrogen) atoms. The van der Waals surface area contributed by atoms with Crippen molar-refractivity contribution in [2.75, 3.05) is 5.32 Å². The molecule has 0 saturated carbocycles. The van der Waals surface area contributed by atoms with Crippen molar-refractivity contribution in [3.8, 4) is 12.1 Å². The maximum absolute atomic E-state index is 11.9. The van der Waals surface area contributed by atoms with Gasteiger partial charge in [0.2, 0.25) is 0 Å². The molecular formula is C16H12N4O2. The first-order valence-corrected chi connectivity index (χ1v) is 6.40. The fourth-order valence-corrected chi connectivity index (χ4v) is 1.65. The first-order chi connectivity index (χ1) is 10.7. The molecule has 0 aliphatic heterocycles. The summed E-state index contributed by atoms with van der Waals surface area (Å²) in [4.78, 5) is 11.9. The van der Waals surface area contributed by atoms with E-state index in [0.29, 0.717) is 23.6 Å². The number of rotatable bonds is 5. The number of allylic oxidation sites excluding steroid dienone is 1. The minimum absolute atomic E-state index is 0.0275. The number of hydrogen-bond acceptors (Lipinski definition) is 5. The fourth-order valence-electron chi connectivity index (χ4n) is 1.65. The van der Waals surface area contributed by atoms with E-state index in [1.165, 1.54) is 6.20 Å². The summed E-state index contributed by atoms with van der Waals surface area (Å²) < 4.78 is 5.13. The highest BCUT2D eigenvalue weighted by atomic mass is 16.3. The van der Waals surface area contributed by atoms with Crippen LogP contribution in [-0.4, -0.2) is 5.91 Å². The van der Waals surface area contributed by atoms with Crippen LogP contribution in [0.15, 0.2) is 58.9 Å². The van der Waals surface area contributed by atoms with Crippen LogP contribution in [0, 0.1) is 22.7 Å². The molecule has 0 radical (unpaired) electrons. The van der Waals surface area contributed by atoms with Crippen LogP contribution >= 0.6 is 0 Å². The third-order valence-electron chi connectivity index (χ3n) is 2.77. The number of nitrogens with zero attached hydrogens (tertiary/aromatic N) is 2. The Kier molecular flexibility index (Phi) is 4.95. The number of carbonyl (C=O) groups is 1. The van der Waals surface area contributed by atoms with Gasteiger partial charge in [0.1, 0.15) is 23.5 Å². The molecule has 0 atom stereocenters. The second-order valence-electron chi connectivity index (χ2n) is 4.27. The number of nitriles is 2. The molecule has 108 valence electrons. The van der Waals surface area contributed by atoms with Crippen LogP contribution < -0.4 is 10.6 Å². The van der Waals surface area contributed by atoms with Crippen LogP contribution in [0.25, 0.3) is 0 Å². The zero-order valence-corrected chi connectivity index (χ0v) is 11.5. The van der Waals surface area contributed by atoms with E-state index in [1.807, 2.05) is 0 Å². The van der Waals surface area contributed by atoms with Crippen molar-refractivity contribution in [2.45, 2.75) is 6.54 Å². The SMILES string of the molecule is N#CC(C#N)=CNc1ccc(C(=O)NCc2ccco2)cc1. The molecule has 1 amide bonds. The number of furan rings is 1. The Hall–Kier alpha value is -3.51. The first kappa shape index (κ1) is 14.9. The van der Waals surface area contributed by atoms with Crippen molar-refractivity contribution in [1.82, 2.24) is 5.32 Å². The van der Waals surface area contributed by atoms with Crippen LogP contribution in [0.2, 0.25) is 0 Å². The summed E-state index contributed by atoms with van der Waals surface area (Å²) in [6.07, 6.45) is 2.86. The number of anilines is 1. The lowest BCUT2D eigenvalue weighted by molar-refractivity contribution is 0.0948. The molecule has 0 unspecified atom stereocenters. The first-order valence-electron chi connectivity index (χ1n) is 6.40. The monoisotopic (exact) mass is 292 g/mol. The molecule has 0 aliphatic carbocycles. The van der Waals surface area contributed by atoms with Crippen molar-refractivity contribution < 1.29 is 9.21 Å². The molecule has 1 aromatic carbocycles. The Morgan fingerprint density at radius 3 is 2.50 bits per heavy atom. The van der Waals surface area contributed by atoms with Crippen LogP contribution in [0.5, 0.6) is 0 Å². The zero-order chi connectivity index (χ0) is 15.8. The van der Waals surface area contributed by atoms with Crippen LogP contribution in [0.1, 0.15) is 16.1 Å². The highest BCUT2D eigenvalue weighted by molar-refractivity contribution is 5.94. The third-order valence-corrected chi connectivity index (χ3v) is 2.77. The van der Waals surface area contributed by atoms with Gasteiger partial charge in [-0.2, -0.15) is 10.5 Å².